The van der Waals surface area contributed by atoms with E-state index in [9.17, 15) is 9.90 Å². The van der Waals surface area contributed by atoms with Gasteiger partial charge in [-0.3, -0.25) is 10.1 Å². The van der Waals surface area contributed by atoms with Crippen LogP contribution in [0.15, 0.2) is 36.4 Å². The molecule has 0 saturated heterocycles. The molecule has 0 atom stereocenters. The number of anilines is 2. The van der Waals surface area contributed by atoms with Crippen LogP contribution >= 0.6 is 0 Å². The normalized spacial score (nSPS) is 9.88. The van der Waals surface area contributed by atoms with E-state index in [2.05, 4.69) is 15.3 Å². The fourth-order valence-corrected chi connectivity index (χ4v) is 1.27. The maximum absolute atomic E-state index is 11.7. The topological polar surface area (TPSA) is 101 Å². The second-order valence-electron chi connectivity index (χ2n) is 3.29. The second-order valence-corrected chi connectivity index (χ2v) is 3.29. The average Bonchev–Trinajstić information content (AvgIpc) is 2.28. The molecule has 1 amide bonds. The summed E-state index contributed by atoms with van der Waals surface area (Å²) >= 11 is 0. The van der Waals surface area contributed by atoms with Crippen molar-refractivity contribution in [1.29, 1.82) is 0 Å². The highest BCUT2D eigenvalue weighted by molar-refractivity contribution is 6.03. The summed E-state index contributed by atoms with van der Waals surface area (Å²) in [6, 6.07) is 9.79. The summed E-state index contributed by atoms with van der Waals surface area (Å²) in [5.41, 5.74) is 5.88. The zero-order chi connectivity index (χ0) is 12.3. The number of nitrogens with one attached hydrogen (secondary N) is 1. The third-order valence-corrected chi connectivity index (χ3v) is 1.99. The molecule has 0 radical (unpaired) electrons. The molecule has 0 aliphatic rings. The zero-order valence-electron chi connectivity index (χ0n) is 8.79. The largest absolute Gasteiger partial charge is 0.493 e. The van der Waals surface area contributed by atoms with Crippen molar-refractivity contribution >= 4 is 17.7 Å². The standard InChI is InChI=1S/C11H10N4O2/c12-8-6-9(16)14-11(13-8)15-10(17)7-4-2-1-3-5-7/h1-6H,(H4,12,13,14,15,16,17). The number of benzene rings is 1. The van der Waals surface area contributed by atoms with Gasteiger partial charge in [0.05, 0.1) is 0 Å². The first-order valence-electron chi connectivity index (χ1n) is 4.85. The lowest BCUT2D eigenvalue weighted by Gasteiger charge is -2.04. The Morgan fingerprint density at radius 3 is 2.59 bits per heavy atom. The van der Waals surface area contributed by atoms with Crippen molar-refractivity contribution in [2.24, 2.45) is 0 Å². The van der Waals surface area contributed by atoms with Crippen LogP contribution in [-0.4, -0.2) is 21.0 Å². The number of amides is 1. The van der Waals surface area contributed by atoms with Gasteiger partial charge in [0.2, 0.25) is 11.8 Å². The van der Waals surface area contributed by atoms with Gasteiger partial charge in [-0.1, -0.05) is 18.2 Å². The maximum Gasteiger partial charge on any atom is 0.258 e. The number of aromatic nitrogens is 2. The van der Waals surface area contributed by atoms with Crippen molar-refractivity contribution in [1.82, 2.24) is 9.97 Å². The molecule has 0 saturated carbocycles. The number of carbonyl (C=O) groups is 1. The molecule has 4 N–H and O–H groups in total. The Bertz CT molecular complexity index is 522. The van der Waals surface area contributed by atoms with E-state index >= 15 is 0 Å². The molecule has 2 rings (SSSR count). The van der Waals surface area contributed by atoms with E-state index in [1.54, 1.807) is 30.3 Å². The molecule has 2 aromatic rings. The third kappa shape index (κ3) is 2.69. The first-order chi connectivity index (χ1) is 8.15. The van der Waals surface area contributed by atoms with Crippen LogP contribution in [0.2, 0.25) is 0 Å². The number of aromatic hydroxyl groups is 1. The molecule has 0 fully saturated rings. The lowest BCUT2D eigenvalue weighted by Crippen LogP contribution is -2.14. The summed E-state index contributed by atoms with van der Waals surface area (Å²) in [4.78, 5) is 19.1. The molecule has 1 heterocycles. The van der Waals surface area contributed by atoms with E-state index < -0.39 is 0 Å². The Kier molecular flexibility index (Phi) is 2.87. The van der Waals surface area contributed by atoms with Crippen LogP contribution < -0.4 is 11.1 Å². The summed E-state index contributed by atoms with van der Waals surface area (Å²) in [7, 11) is 0. The summed E-state index contributed by atoms with van der Waals surface area (Å²) in [6.45, 7) is 0. The van der Waals surface area contributed by atoms with Gasteiger partial charge < -0.3 is 10.8 Å². The molecule has 0 aliphatic heterocycles. The Morgan fingerprint density at radius 1 is 1.24 bits per heavy atom. The molecule has 6 nitrogen and oxygen atoms in total. The van der Waals surface area contributed by atoms with Crippen molar-refractivity contribution in [3.8, 4) is 5.88 Å². The molecule has 0 aliphatic carbocycles. The minimum absolute atomic E-state index is 0.0312. The zero-order valence-corrected chi connectivity index (χ0v) is 8.79. The third-order valence-electron chi connectivity index (χ3n) is 1.99. The fraction of sp³-hybridized carbons (Fsp3) is 0. The molecular formula is C11H10N4O2. The number of carbonyl (C=O) groups excluding carboxylic acids is 1. The Morgan fingerprint density at radius 2 is 1.94 bits per heavy atom. The van der Waals surface area contributed by atoms with Crippen molar-refractivity contribution in [3.05, 3.63) is 42.0 Å². The average molecular weight is 230 g/mol. The Hall–Kier alpha value is -2.63. The van der Waals surface area contributed by atoms with Crippen molar-refractivity contribution in [2.75, 3.05) is 11.1 Å². The molecular weight excluding hydrogens is 220 g/mol. The van der Waals surface area contributed by atoms with Gasteiger partial charge in [-0.05, 0) is 12.1 Å². The number of nitrogens with zero attached hydrogens (tertiary/aromatic N) is 2. The van der Waals surface area contributed by atoms with E-state index in [1.807, 2.05) is 0 Å². The van der Waals surface area contributed by atoms with Crippen molar-refractivity contribution < 1.29 is 9.90 Å². The van der Waals surface area contributed by atoms with Crippen molar-refractivity contribution in [2.45, 2.75) is 0 Å². The minimum Gasteiger partial charge on any atom is -0.493 e. The summed E-state index contributed by atoms with van der Waals surface area (Å²) in [6.07, 6.45) is 0. The quantitative estimate of drug-likeness (QED) is 0.714. The summed E-state index contributed by atoms with van der Waals surface area (Å²) in [5, 5.41) is 11.6. The van der Waals surface area contributed by atoms with Crippen LogP contribution in [-0.2, 0) is 0 Å². The van der Waals surface area contributed by atoms with Gasteiger partial charge in [-0.25, -0.2) is 0 Å². The Balaban J connectivity index is 2.19. The van der Waals surface area contributed by atoms with Crippen LogP contribution in [0.1, 0.15) is 10.4 Å². The van der Waals surface area contributed by atoms with Gasteiger partial charge in [0.25, 0.3) is 5.91 Å². The fourth-order valence-electron chi connectivity index (χ4n) is 1.27. The smallest absolute Gasteiger partial charge is 0.258 e. The van der Waals surface area contributed by atoms with E-state index in [1.165, 1.54) is 6.07 Å². The molecule has 1 aromatic carbocycles. The number of nitrogens with two attached hydrogens (primary N) is 1. The minimum atomic E-state index is -0.365. The van der Waals surface area contributed by atoms with Crippen molar-refractivity contribution in [3.63, 3.8) is 0 Å². The number of hydrogen-bond donors (Lipinski definition) is 3. The highest BCUT2D eigenvalue weighted by Crippen LogP contribution is 2.12. The van der Waals surface area contributed by atoms with Crippen LogP contribution in [0.5, 0.6) is 5.88 Å². The van der Waals surface area contributed by atoms with Gasteiger partial charge >= 0.3 is 0 Å². The first kappa shape index (κ1) is 10.9. The van der Waals surface area contributed by atoms with E-state index in [-0.39, 0.29) is 23.6 Å². The predicted molar refractivity (Wildman–Crippen MR) is 62.5 cm³/mol. The molecule has 17 heavy (non-hydrogen) atoms. The maximum atomic E-state index is 11.7. The van der Waals surface area contributed by atoms with Gasteiger partial charge in [0, 0.05) is 11.6 Å². The summed E-state index contributed by atoms with van der Waals surface area (Å²) in [5.74, 6) is -0.603. The van der Waals surface area contributed by atoms with Crippen LogP contribution in [0, 0.1) is 0 Å². The Labute approximate surface area is 97.1 Å². The van der Waals surface area contributed by atoms with E-state index in [0.29, 0.717) is 5.56 Å². The number of hydrogen-bond acceptors (Lipinski definition) is 5. The van der Waals surface area contributed by atoms with E-state index in [4.69, 9.17) is 5.73 Å². The van der Waals surface area contributed by atoms with Gasteiger partial charge in [-0.15, -0.1) is 0 Å². The summed E-state index contributed by atoms with van der Waals surface area (Å²) < 4.78 is 0. The molecule has 0 unspecified atom stereocenters. The molecule has 6 heteroatoms. The van der Waals surface area contributed by atoms with Crippen LogP contribution in [0.25, 0.3) is 0 Å². The monoisotopic (exact) mass is 230 g/mol. The lowest BCUT2D eigenvalue weighted by atomic mass is 10.2. The van der Waals surface area contributed by atoms with Crippen LogP contribution in [0.4, 0.5) is 11.8 Å². The number of nitrogen functional groups attached to an aromatic ring is 1. The molecule has 0 bridgehead atoms. The van der Waals surface area contributed by atoms with E-state index in [0.717, 1.165) is 0 Å². The first-order valence-corrected chi connectivity index (χ1v) is 4.85. The number of rotatable bonds is 2. The van der Waals surface area contributed by atoms with Crippen LogP contribution in [0.3, 0.4) is 0 Å². The van der Waals surface area contributed by atoms with Gasteiger partial charge in [0.15, 0.2) is 0 Å². The molecule has 0 spiro atoms. The lowest BCUT2D eigenvalue weighted by molar-refractivity contribution is 0.102. The predicted octanol–water partition coefficient (Wildman–Crippen LogP) is 1.02. The highest BCUT2D eigenvalue weighted by atomic mass is 16.3. The molecule has 1 aromatic heterocycles. The highest BCUT2D eigenvalue weighted by Gasteiger charge is 2.08. The SMILES string of the molecule is Nc1cc(O)nc(NC(=O)c2ccccc2)n1. The van der Waals surface area contributed by atoms with Gasteiger partial charge in [0.1, 0.15) is 5.82 Å². The molecule has 86 valence electrons. The second kappa shape index (κ2) is 4.48. The van der Waals surface area contributed by atoms with Gasteiger partial charge in [-0.2, -0.15) is 9.97 Å².